The number of rotatable bonds is 3. The normalized spacial score (nSPS) is 18.5. The summed E-state index contributed by atoms with van der Waals surface area (Å²) in [6, 6.07) is 10.2. The fourth-order valence-electron chi connectivity index (χ4n) is 1.77. The Balaban J connectivity index is 1.80. The van der Waals surface area contributed by atoms with Crippen LogP contribution in [0.2, 0.25) is 0 Å². The van der Waals surface area contributed by atoms with Gasteiger partial charge in [-0.2, -0.15) is 0 Å². The third-order valence-corrected chi connectivity index (χ3v) is 2.66. The summed E-state index contributed by atoms with van der Waals surface area (Å²) in [5.74, 6) is 0.0405. The Morgan fingerprint density at radius 3 is 2.43 bits per heavy atom. The molecule has 0 saturated carbocycles. The monoisotopic (exact) mass is 193 g/mol. The Bertz CT molecular complexity index is 281. The topological polar surface area (TPSA) is 43.7 Å². The molecule has 0 spiro atoms. The van der Waals surface area contributed by atoms with Crippen LogP contribution < -0.4 is 0 Å². The Morgan fingerprint density at radius 2 is 1.86 bits per heavy atom. The summed E-state index contributed by atoms with van der Waals surface area (Å²) < 4.78 is 0. The summed E-state index contributed by atoms with van der Waals surface area (Å²) >= 11 is 0. The maximum Gasteiger partial charge on any atom is 0.156 e. The molecule has 0 aromatic heterocycles. The first-order valence-electron chi connectivity index (χ1n) is 4.88. The van der Waals surface area contributed by atoms with Crippen molar-refractivity contribution >= 4 is 0 Å². The molecule has 0 aliphatic carbocycles. The van der Waals surface area contributed by atoms with E-state index in [0.29, 0.717) is 0 Å². The van der Waals surface area contributed by atoms with Crippen molar-refractivity contribution in [2.75, 3.05) is 13.1 Å². The third kappa shape index (κ3) is 2.12. The molecule has 0 amide bonds. The highest BCUT2D eigenvalue weighted by molar-refractivity contribution is 5.14. The van der Waals surface area contributed by atoms with Gasteiger partial charge in [-0.25, -0.2) is 0 Å². The number of hydrogen-bond acceptors (Lipinski definition) is 3. The maximum atomic E-state index is 8.88. The van der Waals surface area contributed by atoms with Gasteiger partial charge in [0.25, 0.3) is 0 Å². The molecular formula is C11H15NO2. The largest absolute Gasteiger partial charge is 0.368 e. The van der Waals surface area contributed by atoms with Crippen molar-refractivity contribution in [2.24, 2.45) is 5.92 Å². The number of benzene rings is 1. The van der Waals surface area contributed by atoms with Crippen LogP contribution in [0.1, 0.15) is 5.56 Å². The molecule has 1 aliphatic rings. The molecule has 1 saturated heterocycles. The molecule has 76 valence electrons. The Kier molecular flexibility index (Phi) is 2.82. The van der Waals surface area contributed by atoms with Gasteiger partial charge >= 0.3 is 0 Å². The Labute approximate surface area is 83.6 Å². The van der Waals surface area contributed by atoms with Gasteiger partial charge < -0.3 is 10.2 Å². The van der Waals surface area contributed by atoms with Gasteiger partial charge in [0.05, 0.1) is 0 Å². The second-order valence-corrected chi connectivity index (χ2v) is 3.85. The predicted octanol–water partition coefficient (Wildman–Crippen LogP) is 0.429. The van der Waals surface area contributed by atoms with Crippen LogP contribution in [0.3, 0.4) is 0 Å². The first-order chi connectivity index (χ1) is 6.75. The maximum absolute atomic E-state index is 8.88. The fraction of sp³-hybridized carbons (Fsp3) is 0.455. The number of aliphatic hydroxyl groups is 2. The third-order valence-electron chi connectivity index (χ3n) is 2.66. The number of nitrogens with zero attached hydrogens (tertiary/aromatic N) is 1. The van der Waals surface area contributed by atoms with Crippen LogP contribution in [0, 0.1) is 5.92 Å². The highest BCUT2D eigenvalue weighted by Crippen LogP contribution is 2.20. The zero-order valence-corrected chi connectivity index (χ0v) is 8.00. The lowest BCUT2D eigenvalue weighted by molar-refractivity contribution is -0.130. The van der Waals surface area contributed by atoms with Crippen molar-refractivity contribution in [1.82, 2.24) is 4.90 Å². The lowest BCUT2D eigenvalue weighted by Crippen LogP contribution is -2.51. The van der Waals surface area contributed by atoms with Crippen LogP contribution >= 0.6 is 0 Å². The van der Waals surface area contributed by atoms with Gasteiger partial charge in [0.2, 0.25) is 0 Å². The van der Waals surface area contributed by atoms with Gasteiger partial charge in [-0.15, -0.1) is 0 Å². The van der Waals surface area contributed by atoms with E-state index in [2.05, 4.69) is 17.0 Å². The van der Waals surface area contributed by atoms with Gasteiger partial charge in [-0.3, -0.25) is 4.90 Å². The first kappa shape index (κ1) is 9.65. The van der Waals surface area contributed by atoms with E-state index in [1.54, 1.807) is 0 Å². The van der Waals surface area contributed by atoms with Crippen molar-refractivity contribution in [1.29, 1.82) is 0 Å². The summed E-state index contributed by atoms with van der Waals surface area (Å²) in [4.78, 5) is 2.21. The van der Waals surface area contributed by atoms with Gasteiger partial charge in [0.15, 0.2) is 6.29 Å². The lowest BCUT2D eigenvalue weighted by Gasteiger charge is -2.40. The molecule has 1 heterocycles. The smallest absolute Gasteiger partial charge is 0.156 e. The Morgan fingerprint density at radius 1 is 1.21 bits per heavy atom. The number of hydrogen-bond donors (Lipinski definition) is 2. The minimum atomic E-state index is -1.15. The van der Waals surface area contributed by atoms with Crippen LogP contribution in [0.4, 0.5) is 0 Å². The summed E-state index contributed by atoms with van der Waals surface area (Å²) in [5, 5.41) is 17.8. The minimum Gasteiger partial charge on any atom is -0.368 e. The fourth-order valence-corrected chi connectivity index (χ4v) is 1.77. The molecule has 1 aliphatic heterocycles. The molecule has 1 aromatic carbocycles. The molecule has 0 radical (unpaired) electrons. The number of likely N-dealkylation sites (tertiary alicyclic amines) is 1. The minimum absolute atomic E-state index is 0.0405. The highest BCUT2D eigenvalue weighted by atomic mass is 16.5. The standard InChI is InChI=1S/C11H15NO2/c13-11(14)10-7-12(8-10)6-9-4-2-1-3-5-9/h1-5,10-11,13-14H,6-8H2. The van der Waals surface area contributed by atoms with Crippen LogP contribution in [-0.4, -0.2) is 34.5 Å². The van der Waals surface area contributed by atoms with Crippen LogP contribution in [0.25, 0.3) is 0 Å². The molecular weight excluding hydrogens is 178 g/mol. The predicted molar refractivity (Wildman–Crippen MR) is 53.4 cm³/mol. The van der Waals surface area contributed by atoms with E-state index in [0.717, 1.165) is 19.6 Å². The second-order valence-electron chi connectivity index (χ2n) is 3.85. The molecule has 0 atom stereocenters. The molecule has 3 heteroatoms. The zero-order valence-electron chi connectivity index (χ0n) is 8.00. The highest BCUT2D eigenvalue weighted by Gasteiger charge is 2.31. The molecule has 2 N–H and O–H groups in total. The summed E-state index contributed by atoms with van der Waals surface area (Å²) in [6.45, 7) is 2.48. The summed E-state index contributed by atoms with van der Waals surface area (Å²) in [6.07, 6.45) is -1.15. The van der Waals surface area contributed by atoms with Gasteiger partial charge in [0, 0.05) is 25.6 Å². The molecule has 0 unspecified atom stereocenters. The zero-order chi connectivity index (χ0) is 9.97. The average molecular weight is 193 g/mol. The van der Waals surface area contributed by atoms with E-state index in [1.165, 1.54) is 5.56 Å². The van der Waals surface area contributed by atoms with E-state index in [9.17, 15) is 0 Å². The lowest BCUT2D eigenvalue weighted by atomic mass is 9.99. The number of aliphatic hydroxyl groups excluding tert-OH is 1. The van der Waals surface area contributed by atoms with E-state index in [-0.39, 0.29) is 5.92 Å². The molecule has 1 fully saturated rings. The summed E-state index contributed by atoms with van der Waals surface area (Å²) in [5.41, 5.74) is 1.28. The average Bonchev–Trinajstić information content (AvgIpc) is 2.12. The van der Waals surface area contributed by atoms with Gasteiger partial charge in [-0.05, 0) is 5.56 Å². The van der Waals surface area contributed by atoms with Crippen LogP contribution in [0.15, 0.2) is 30.3 Å². The van der Waals surface area contributed by atoms with Crippen LogP contribution in [-0.2, 0) is 6.54 Å². The van der Waals surface area contributed by atoms with E-state index in [1.807, 2.05) is 18.2 Å². The molecule has 14 heavy (non-hydrogen) atoms. The molecule has 3 nitrogen and oxygen atoms in total. The van der Waals surface area contributed by atoms with Gasteiger partial charge in [-0.1, -0.05) is 30.3 Å². The van der Waals surface area contributed by atoms with E-state index < -0.39 is 6.29 Å². The van der Waals surface area contributed by atoms with Crippen LogP contribution in [0.5, 0.6) is 0 Å². The van der Waals surface area contributed by atoms with Crippen molar-refractivity contribution in [3.8, 4) is 0 Å². The van der Waals surface area contributed by atoms with E-state index in [4.69, 9.17) is 10.2 Å². The van der Waals surface area contributed by atoms with Crippen molar-refractivity contribution in [2.45, 2.75) is 12.8 Å². The molecule has 2 rings (SSSR count). The van der Waals surface area contributed by atoms with Crippen molar-refractivity contribution < 1.29 is 10.2 Å². The Hall–Kier alpha value is -0.900. The second kappa shape index (κ2) is 4.09. The molecule has 0 bridgehead atoms. The molecule has 1 aromatic rings. The van der Waals surface area contributed by atoms with Crippen molar-refractivity contribution in [3.05, 3.63) is 35.9 Å². The first-order valence-corrected chi connectivity index (χ1v) is 4.88. The van der Waals surface area contributed by atoms with E-state index >= 15 is 0 Å². The summed E-state index contributed by atoms with van der Waals surface area (Å²) in [7, 11) is 0. The van der Waals surface area contributed by atoms with Crippen molar-refractivity contribution in [3.63, 3.8) is 0 Å². The quantitative estimate of drug-likeness (QED) is 0.684. The SMILES string of the molecule is OC(O)C1CN(Cc2ccccc2)C1. The van der Waals surface area contributed by atoms with Gasteiger partial charge in [0.1, 0.15) is 0 Å².